The molecule has 0 aliphatic rings. The molecule has 0 radical (unpaired) electrons. The fourth-order valence-electron chi connectivity index (χ4n) is 1.67. The molecule has 0 fully saturated rings. The number of halogens is 1. The maximum absolute atomic E-state index is 12.0. The number of H-pyrrole nitrogens is 1. The minimum absolute atomic E-state index is 0.00468. The molecule has 0 aliphatic carbocycles. The van der Waals surface area contributed by atoms with Gasteiger partial charge in [0.1, 0.15) is 0 Å². The van der Waals surface area contributed by atoms with Gasteiger partial charge >= 0.3 is 0 Å². The second kappa shape index (κ2) is 3.81. The van der Waals surface area contributed by atoms with E-state index in [0.717, 1.165) is 22.3 Å². The summed E-state index contributed by atoms with van der Waals surface area (Å²) in [6.45, 7) is 3.79. The van der Waals surface area contributed by atoms with Gasteiger partial charge in [-0.2, -0.15) is 0 Å². The van der Waals surface area contributed by atoms with E-state index in [4.69, 9.17) is 0 Å². The molecule has 80 valence electrons. The van der Waals surface area contributed by atoms with Crippen LogP contribution < -0.4 is 5.56 Å². The van der Waals surface area contributed by atoms with Gasteiger partial charge in [0.05, 0.1) is 0 Å². The predicted octanol–water partition coefficient (Wildman–Crippen LogP) is 1.58. The summed E-state index contributed by atoms with van der Waals surface area (Å²) < 4.78 is 1.50. The highest BCUT2D eigenvalue weighted by Gasteiger charge is 2.09. The van der Waals surface area contributed by atoms with Crippen LogP contribution in [0, 0.1) is 13.8 Å². The number of aromatic nitrogens is 3. The molecule has 0 saturated heterocycles. The van der Waals surface area contributed by atoms with Crippen LogP contribution in [0.3, 0.4) is 0 Å². The molecular formula is C10H12BrN3O. The van der Waals surface area contributed by atoms with Crippen LogP contribution in [0.15, 0.2) is 10.9 Å². The van der Waals surface area contributed by atoms with Crippen molar-refractivity contribution in [2.75, 3.05) is 5.33 Å². The second-order valence-electron chi connectivity index (χ2n) is 3.55. The number of hydrogen-bond donors (Lipinski definition) is 1. The first-order valence-electron chi connectivity index (χ1n) is 4.77. The molecule has 0 aromatic carbocycles. The summed E-state index contributed by atoms with van der Waals surface area (Å²) in [5.74, 6) is 0. The average molecular weight is 270 g/mol. The summed E-state index contributed by atoms with van der Waals surface area (Å²) in [5.41, 5.74) is 3.22. The molecule has 0 unspecified atom stereocenters. The normalized spacial score (nSPS) is 11.1. The fraction of sp³-hybridized carbons (Fsp3) is 0.400. The van der Waals surface area contributed by atoms with E-state index in [1.807, 2.05) is 19.9 Å². The monoisotopic (exact) mass is 269 g/mol. The third-order valence-electron chi connectivity index (χ3n) is 2.39. The Morgan fingerprint density at radius 3 is 2.93 bits per heavy atom. The van der Waals surface area contributed by atoms with E-state index in [9.17, 15) is 4.79 Å². The molecule has 0 atom stereocenters. The number of nitrogens with one attached hydrogen (secondary N) is 1. The molecule has 0 amide bonds. The molecule has 0 saturated carbocycles. The fourth-order valence-corrected chi connectivity index (χ4v) is 2.07. The first kappa shape index (κ1) is 10.4. The van der Waals surface area contributed by atoms with Gasteiger partial charge < -0.3 is 0 Å². The van der Waals surface area contributed by atoms with Crippen LogP contribution in [0.2, 0.25) is 0 Å². The first-order chi connectivity index (χ1) is 7.13. The van der Waals surface area contributed by atoms with Gasteiger partial charge in [-0.3, -0.25) is 9.89 Å². The van der Waals surface area contributed by atoms with Crippen molar-refractivity contribution in [2.45, 2.75) is 20.3 Å². The molecule has 15 heavy (non-hydrogen) atoms. The van der Waals surface area contributed by atoms with Crippen molar-refractivity contribution in [1.82, 2.24) is 14.6 Å². The van der Waals surface area contributed by atoms with E-state index in [0.29, 0.717) is 12.1 Å². The molecule has 1 N–H and O–H groups in total. The topological polar surface area (TPSA) is 50.2 Å². The van der Waals surface area contributed by atoms with Crippen LogP contribution in [0.4, 0.5) is 0 Å². The van der Waals surface area contributed by atoms with E-state index in [1.54, 1.807) is 0 Å². The Balaban J connectivity index is 2.77. The van der Waals surface area contributed by atoms with Gasteiger partial charge in [0, 0.05) is 28.3 Å². The van der Waals surface area contributed by atoms with Crippen LogP contribution in [0.1, 0.15) is 17.0 Å². The van der Waals surface area contributed by atoms with Crippen molar-refractivity contribution in [2.24, 2.45) is 0 Å². The predicted molar refractivity (Wildman–Crippen MR) is 62.8 cm³/mol. The number of aryl methyl sites for hydroxylation is 2. The number of fused-ring (bicyclic) bond motifs is 1. The Morgan fingerprint density at radius 2 is 2.27 bits per heavy atom. The molecular weight excluding hydrogens is 258 g/mol. The summed E-state index contributed by atoms with van der Waals surface area (Å²) in [6.07, 6.45) is 0.707. The van der Waals surface area contributed by atoms with E-state index in [-0.39, 0.29) is 5.56 Å². The molecule has 5 heteroatoms. The number of alkyl halides is 1. The van der Waals surface area contributed by atoms with Gasteiger partial charge in [0.25, 0.3) is 5.56 Å². The molecule has 2 aromatic rings. The number of nitrogens with zero attached hydrogens (tertiary/aromatic N) is 2. The standard InChI is InChI=1S/C10H12BrN3O/c1-6-5-9-12-7(2)8(3-4-11)10(15)14(9)13-6/h5,13H,3-4H2,1-2H3. The molecule has 2 aromatic heterocycles. The highest BCUT2D eigenvalue weighted by molar-refractivity contribution is 9.09. The van der Waals surface area contributed by atoms with Gasteiger partial charge in [-0.1, -0.05) is 15.9 Å². The zero-order valence-electron chi connectivity index (χ0n) is 8.67. The van der Waals surface area contributed by atoms with E-state index in [1.165, 1.54) is 4.52 Å². The van der Waals surface area contributed by atoms with Crippen molar-refractivity contribution in [1.29, 1.82) is 0 Å². The third-order valence-corrected chi connectivity index (χ3v) is 2.78. The number of hydrogen-bond acceptors (Lipinski definition) is 2. The molecule has 4 nitrogen and oxygen atoms in total. The Bertz CT molecular complexity index is 556. The van der Waals surface area contributed by atoms with Gasteiger partial charge in [-0.15, -0.1) is 0 Å². The van der Waals surface area contributed by atoms with E-state index < -0.39 is 0 Å². The summed E-state index contributed by atoms with van der Waals surface area (Å²) in [7, 11) is 0. The van der Waals surface area contributed by atoms with Crippen molar-refractivity contribution in [3.63, 3.8) is 0 Å². The number of rotatable bonds is 2. The Kier molecular flexibility index (Phi) is 2.65. The molecule has 2 rings (SSSR count). The van der Waals surface area contributed by atoms with Gasteiger partial charge in [-0.25, -0.2) is 9.50 Å². The average Bonchev–Trinajstić information content (AvgIpc) is 2.53. The summed E-state index contributed by atoms with van der Waals surface area (Å²) in [4.78, 5) is 16.4. The summed E-state index contributed by atoms with van der Waals surface area (Å²) in [5, 5.41) is 3.75. The van der Waals surface area contributed by atoms with Crippen LogP contribution >= 0.6 is 15.9 Å². The molecule has 0 bridgehead atoms. The summed E-state index contributed by atoms with van der Waals surface area (Å²) >= 11 is 3.34. The number of aromatic amines is 1. The lowest BCUT2D eigenvalue weighted by molar-refractivity contribution is 0.844. The van der Waals surface area contributed by atoms with Gasteiger partial charge in [0.15, 0.2) is 5.65 Å². The molecule has 2 heterocycles. The van der Waals surface area contributed by atoms with Gasteiger partial charge in [-0.05, 0) is 20.3 Å². The Morgan fingerprint density at radius 1 is 1.53 bits per heavy atom. The van der Waals surface area contributed by atoms with Crippen molar-refractivity contribution >= 4 is 21.6 Å². The lowest BCUT2D eigenvalue weighted by atomic mass is 10.2. The van der Waals surface area contributed by atoms with Crippen LogP contribution in [-0.2, 0) is 6.42 Å². The highest BCUT2D eigenvalue weighted by atomic mass is 79.9. The van der Waals surface area contributed by atoms with E-state index in [2.05, 4.69) is 26.0 Å². The highest BCUT2D eigenvalue weighted by Crippen LogP contribution is 2.06. The zero-order chi connectivity index (χ0) is 11.0. The first-order valence-corrected chi connectivity index (χ1v) is 5.89. The van der Waals surface area contributed by atoms with Crippen LogP contribution in [0.5, 0.6) is 0 Å². The SMILES string of the molecule is Cc1cc2nc(C)c(CCBr)c(=O)n2[nH]1. The second-order valence-corrected chi connectivity index (χ2v) is 4.35. The Hall–Kier alpha value is -1.10. The molecule has 0 aliphatic heterocycles. The quantitative estimate of drug-likeness (QED) is 0.842. The van der Waals surface area contributed by atoms with Crippen LogP contribution in [-0.4, -0.2) is 19.9 Å². The zero-order valence-corrected chi connectivity index (χ0v) is 10.3. The minimum Gasteiger partial charge on any atom is -0.294 e. The maximum atomic E-state index is 12.0. The van der Waals surface area contributed by atoms with E-state index >= 15 is 0 Å². The largest absolute Gasteiger partial charge is 0.294 e. The lowest BCUT2D eigenvalue weighted by Crippen LogP contribution is -2.22. The molecule has 0 spiro atoms. The van der Waals surface area contributed by atoms with Gasteiger partial charge in [0.2, 0.25) is 0 Å². The lowest BCUT2D eigenvalue weighted by Gasteiger charge is -2.02. The third kappa shape index (κ3) is 1.71. The van der Waals surface area contributed by atoms with Crippen molar-refractivity contribution < 1.29 is 0 Å². The van der Waals surface area contributed by atoms with Crippen LogP contribution in [0.25, 0.3) is 5.65 Å². The van der Waals surface area contributed by atoms with Crippen molar-refractivity contribution in [3.05, 3.63) is 33.4 Å². The smallest absolute Gasteiger partial charge is 0.276 e. The maximum Gasteiger partial charge on any atom is 0.276 e. The van der Waals surface area contributed by atoms with Crippen molar-refractivity contribution in [3.8, 4) is 0 Å². The Labute approximate surface area is 95.4 Å². The minimum atomic E-state index is 0.00468. The summed E-state index contributed by atoms with van der Waals surface area (Å²) in [6, 6.07) is 1.87.